The number of hydrogen-bond donors (Lipinski definition) is 2. The first kappa shape index (κ1) is 17.5. The Hall–Kier alpha value is -3.28. The van der Waals surface area contributed by atoms with Crippen molar-refractivity contribution in [3.63, 3.8) is 0 Å². The SMILES string of the molecule is COc1ccc(CCN=CNc2cccc(-c3cnc[nH]3)c2)cc1OC. The predicted molar refractivity (Wildman–Crippen MR) is 104 cm³/mol. The molecule has 0 aliphatic rings. The molecular formula is C20H22N4O2. The molecule has 0 unspecified atom stereocenters. The summed E-state index contributed by atoms with van der Waals surface area (Å²) >= 11 is 0. The Labute approximate surface area is 152 Å². The summed E-state index contributed by atoms with van der Waals surface area (Å²) in [6.07, 6.45) is 6.03. The van der Waals surface area contributed by atoms with Gasteiger partial charge in [0, 0.05) is 17.8 Å². The number of H-pyrrole nitrogens is 1. The van der Waals surface area contributed by atoms with Crippen LogP contribution in [0.15, 0.2) is 60.0 Å². The van der Waals surface area contributed by atoms with Gasteiger partial charge in [0.1, 0.15) is 0 Å². The maximum atomic E-state index is 5.32. The van der Waals surface area contributed by atoms with E-state index in [9.17, 15) is 0 Å². The monoisotopic (exact) mass is 350 g/mol. The molecule has 1 heterocycles. The van der Waals surface area contributed by atoms with Crippen molar-refractivity contribution in [3.8, 4) is 22.8 Å². The van der Waals surface area contributed by atoms with Crippen LogP contribution in [-0.4, -0.2) is 37.1 Å². The lowest BCUT2D eigenvalue weighted by molar-refractivity contribution is 0.354. The first-order valence-corrected chi connectivity index (χ1v) is 8.34. The van der Waals surface area contributed by atoms with E-state index >= 15 is 0 Å². The molecule has 0 amide bonds. The summed E-state index contributed by atoms with van der Waals surface area (Å²) in [5, 5.41) is 3.20. The molecule has 1 aromatic heterocycles. The first-order chi connectivity index (χ1) is 12.8. The molecule has 0 atom stereocenters. The Morgan fingerprint density at radius 2 is 2.00 bits per heavy atom. The second-order valence-electron chi connectivity index (χ2n) is 5.67. The van der Waals surface area contributed by atoms with Gasteiger partial charge in [-0.2, -0.15) is 0 Å². The Morgan fingerprint density at radius 1 is 1.12 bits per heavy atom. The molecular weight excluding hydrogens is 328 g/mol. The van der Waals surface area contributed by atoms with Crippen LogP contribution in [0.4, 0.5) is 5.69 Å². The molecule has 26 heavy (non-hydrogen) atoms. The smallest absolute Gasteiger partial charge is 0.160 e. The van der Waals surface area contributed by atoms with Gasteiger partial charge in [-0.15, -0.1) is 0 Å². The van der Waals surface area contributed by atoms with E-state index in [2.05, 4.69) is 20.3 Å². The van der Waals surface area contributed by atoms with Gasteiger partial charge in [0.05, 0.1) is 38.8 Å². The largest absolute Gasteiger partial charge is 0.493 e. The molecule has 0 saturated carbocycles. The van der Waals surface area contributed by atoms with Gasteiger partial charge in [-0.05, 0) is 36.2 Å². The molecule has 0 radical (unpaired) electrons. The maximum Gasteiger partial charge on any atom is 0.160 e. The molecule has 3 rings (SSSR count). The third-order valence-corrected chi connectivity index (χ3v) is 3.97. The summed E-state index contributed by atoms with van der Waals surface area (Å²) in [7, 11) is 3.27. The van der Waals surface area contributed by atoms with E-state index in [1.54, 1.807) is 33.1 Å². The number of hydrogen-bond acceptors (Lipinski definition) is 4. The number of aliphatic imine (C=N–C) groups is 1. The lowest BCUT2D eigenvalue weighted by Gasteiger charge is -2.08. The van der Waals surface area contributed by atoms with Gasteiger partial charge in [0.25, 0.3) is 0 Å². The van der Waals surface area contributed by atoms with Crippen molar-refractivity contribution in [1.82, 2.24) is 9.97 Å². The fourth-order valence-corrected chi connectivity index (χ4v) is 2.60. The highest BCUT2D eigenvalue weighted by Crippen LogP contribution is 2.27. The summed E-state index contributed by atoms with van der Waals surface area (Å²) < 4.78 is 10.6. The molecule has 6 heteroatoms. The highest BCUT2D eigenvalue weighted by Gasteiger charge is 2.04. The van der Waals surface area contributed by atoms with E-state index in [-0.39, 0.29) is 0 Å². The molecule has 0 fully saturated rings. The van der Waals surface area contributed by atoms with E-state index in [4.69, 9.17) is 9.47 Å². The predicted octanol–water partition coefficient (Wildman–Crippen LogP) is 3.78. The van der Waals surface area contributed by atoms with Crippen molar-refractivity contribution in [2.75, 3.05) is 26.1 Å². The molecule has 6 nitrogen and oxygen atoms in total. The number of anilines is 1. The quantitative estimate of drug-likeness (QED) is 0.479. The van der Waals surface area contributed by atoms with Gasteiger partial charge in [0.15, 0.2) is 11.5 Å². The molecule has 3 aromatic rings. The van der Waals surface area contributed by atoms with Gasteiger partial charge in [0.2, 0.25) is 0 Å². The van der Waals surface area contributed by atoms with Crippen LogP contribution < -0.4 is 14.8 Å². The van der Waals surface area contributed by atoms with Crippen molar-refractivity contribution < 1.29 is 9.47 Å². The number of rotatable bonds is 8. The van der Waals surface area contributed by atoms with Crippen molar-refractivity contribution in [2.45, 2.75) is 6.42 Å². The zero-order valence-corrected chi connectivity index (χ0v) is 14.9. The number of methoxy groups -OCH3 is 2. The van der Waals surface area contributed by atoms with E-state index in [0.29, 0.717) is 6.54 Å². The van der Waals surface area contributed by atoms with Gasteiger partial charge >= 0.3 is 0 Å². The van der Waals surface area contributed by atoms with E-state index in [1.165, 1.54) is 0 Å². The van der Waals surface area contributed by atoms with Crippen molar-refractivity contribution in [1.29, 1.82) is 0 Å². The van der Waals surface area contributed by atoms with E-state index in [0.717, 1.165) is 40.4 Å². The maximum absolute atomic E-state index is 5.32. The van der Waals surface area contributed by atoms with Crippen LogP contribution in [0.2, 0.25) is 0 Å². The van der Waals surface area contributed by atoms with Crippen LogP contribution in [0.5, 0.6) is 11.5 Å². The minimum absolute atomic E-state index is 0.683. The van der Waals surface area contributed by atoms with Crippen LogP contribution in [-0.2, 0) is 6.42 Å². The van der Waals surface area contributed by atoms with E-state index < -0.39 is 0 Å². The molecule has 0 aliphatic heterocycles. The fourth-order valence-electron chi connectivity index (χ4n) is 2.60. The number of nitrogens with one attached hydrogen (secondary N) is 2. The molecule has 0 spiro atoms. The van der Waals surface area contributed by atoms with Gasteiger partial charge in [-0.1, -0.05) is 18.2 Å². The van der Waals surface area contributed by atoms with Crippen LogP contribution >= 0.6 is 0 Å². The molecule has 2 N–H and O–H groups in total. The Morgan fingerprint density at radius 3 is 2.77 bits per heavy atom. The zero-order chi connectivity index (χ0) is 18.2. The number of imidazole rings is 1. The van der Waals surface area contributed by atoms with E-state index in [1.807, 2.05) is 42.5 Å². The van der Waals surface area contributed by atoms with Crippen LogP contribution in [0, 0.1) is 0 Å². The summed E-state index contributed by atoms with van der Waals surface area (Å²) in [5.41, 5.74) is 4.19. The lowest BCUT2D eigenvalue weighted by Crippen LogP contribution is -1.98. The average molecular weight is 350 g/mol. The molecule has 0 aliphatic carbocycles. The molecule has 0 bridgehead atoms. The molecule has 134 valence electrons. The molecule has 0 saturated heterocycles. The summed E-state index contributed by atoms with van der Waals surface area (Å²) in [6.45, 7) is 0.683. The van der Waals surface area contributed by atoms with Crippen LogP contribution in [0.25, 0.3) is 11.3 Å². The Bertz CT molecular complexity index is 860. The highest BCUT2D eigenvalue weighted by molar-refractivity contribution is 5.78. The average Bonchev–Trinajstić information content (AvgIpc) is 3.22. The normalized spacial score (nSPS) is 10.8. The van der Waals surface area contributed by atoms with Gasteiger partial charge in [-0.3, -0.25) is 4.99 Å². The summed E-state index contributed by atoms with van der Waals surface area (Å²) in [4.78, 5) is 11.6. The standard InChI is InChI=1S/C20H22N4O2/c1-25-19-7-6-15(10-20(19)26-2)8-9-21-13-23-17-5-3-4-16(11-17)18-12-22-14-24-18/h3-7,10-14H,8-9H2,1-2H3,(H,21,23)(H,22,24). The third kappa shape index (κ3) is 4.42. The summed E-state index contributed by atoms with van der Waals surface area (Å²) in [5.74, 6) is 1.47. The van der Waals surface area contributed by atoms with Crippen molar-refractivity contribution >= 4 is 12.0 Å². The number of aromatic amines is 1. The van der Waals surface area contributed by atoms with Gasteiger partial charge in [-0.25, -0.2) is 4.98 Å². The number of aromatic nitrogens is 2. The fraction of sp³-hybridized carbons (Fsp3) is 0.200. The topological polar surface area (TPSA) is 71.5 Å². The number of nitrogens with zero attached hydrogens (tertiary/aromatic N) is 2. The second-order valence-corrected chi connectivity index (χ2v) is 5.67. The lowest BCUT2D eigenvalue weighted by atomic mass is 10.1. The zero-order valence-electron chi connectivity index (χ0n) is 14.9. The van der Waals surface area contributed by atoms with Crippen LogP contribution in [0.3, 0.4) is 0 Å². The highest BCUT2D eigenvalue weighted by atomic mass is 16.5. The van der Waals surface area contributed by atoms with Gasteiger partial charge < -0.3 is 19.8 Å². The number of ether oxygens (including phenoxy) is 2. The first-order valence-electron chi connectivity index (χ1n) is 8.34. The number of benzene rings is 2. The summed E-state index contributed by atoms with van der Waals surface area (Å²) in [6, 6.07) is 14.0. The Balaban J connectivity index is 1.53. The van der Waals surface area contributed by atoms with Crippen molar-refractivity contribution in [2.24, 2.45) is 4.99 Å². The third-order valence-electron chi connectivity index (χ3n) is 3.97. The Kier molecular flexibility index (Phi) is 5.88. The van der Waals surface area contributed by atoms with Crippen LogP contribution in [0.1, 0.15) is 5.56 Å². The second kappa shape index (κ2) is 8.71. The molecule has 2 aromatic carbocycles. The minimum atomic E-state index is 0.683. The van der Waals surface area contributed by atoms with Crippen molar-refractivity contribution in [3.05, 3.63) is 60.6 Å². The minimum Gasteiger partial charge on any atom is -0.493 e.